The van der Waals surface area contributed by atoms with E-state index in [4.69, 9.17) is 34.0 Å². The summed E-state index contributed by atoms with van der Waals surface area (Å²) in [4.78, 5) is 13.9. The van der Waals surface area contributed by atoms with Crippen LogP contribution in [0.4, 0.5) is 5.69 Å². The number of hydrogen-bond acceptors (Lipinski definition) is 3. The van der Waals surface area contributed by atoms with Crippen molar-refractivity contribution in [1.82, 2.24) is 4.90 Å². The Bertz CT molecular complexity index is 453. The number of benzene rings is 1. The number of halogens is 2. The molecular formula is C13H18Cl2N2O2. The first-order chi connectivity index (χ1) is 9.01. The van der Waals surface area contributed by atoms with Gasteiger partial charge in [0.15, 0.2) is 0 Å². The maximum Gasteiger partial charge on any atom is 0.255 e. The second-order valence-electron chi connectivity index (χ2n) is 4.23. The molecular weight excluding hydrogens is 287 g/mol. The number of nitrogen functional groups attached to an aromatic ring is 1. The molecule has 6 heteroatoms. The van der Waals surface area contributed by atoms with Crippen LogP contribution < -0.4 is 5.73 Å². The van der Waals surface area contributed by atoms with Crippen LogP contribution in [0.25, 0.3) is 0 Å². The van der Waals surface area contributed by atoms with E-state index in [2.05, 4.69) is 0 Å². The Balaban J connectivity index is 3.01. The minimum Gasteiger partial charge on any atom is -0.399 e. The van der Waals surface area contributed by atoms with E-state index in [9.17, 15) is 4.79 Å². The van der Waals surface area contributed by atoms with Gasteiger partial charge < -0.3 is 15.7 Å². The molecule has 0 aromatic heterocycles. The number of aliphatic hydroxyl groups is 1. The highest BCUT2D eigenvalue weighted by molar-refractivity contribution is 6.44. The molecule has 1 amide bonds. The first-order valence-corrected chi connectivity index (χ1v) is 6.91. The summed E-state index contributed by atoms with van der Waals surface area (Å²) in [6, 6.07) is 3.01. The molecule has 0 saturated carbocycles. The van der Waals surface area contributed by atoms with Crippen molar-refractivity contribution in [1.29, 1.82) is 0 Å². The normalized spacial score (nSPS) is 10.5. The molecule has 0 unspecified atom stereocenters. The molecule has 106 valence electrons. The zero-order valence-electron chi connectivity index (χ0n) is 10.8. The molecule has 1 rings (SSSR count). The predicted molar refractivity (Wildman–Crippen MR) is 78.8 cm³/mol. The van der Waals surface area contributed by atoms with Crippen LogP contribution in [0.5, 0.6) is 0 Å². The summed E-state index contributed by atoms with van der Waals surface area (Å²) >= 11 is 12.0. The average Bonchev–Trinajstić information content (AvgIpc) is 2.38. The van der Waals surface area contributed by atoms with Crippen molar-refractivity contribution in [2.45, 2.75) is 19.8 Å². The molecule has 0 saturated heterocycles. The molecule has 0 aliphatic rings. The number of unbranched alkanes of at least 4 members (excludes halogenated alkanes) is 1. The second-order valence-corrected chi connectivity index (χ2v) is 5.02. The van der Waals surface area contributed by atoms with E-state index in [1.54, 1.807) is 4.90 Å². The first-order valence-electron chi connectivity index (χ1n) is 6.15. The molecule has 0 atom stereocenters. The van der Waals surface area contributed by atoms with E-state index >= 15 is 0 Å². The molecule has 0 heterocycles. The van der Waals surface area contributed by atoms with E-state index in [-0.39, 0.29) is 34.7 Å². The third-order valence-corrected chi connectivity index (χ3v) is 3.52. The molecule has 0 aliphatic heterocycles. The van der Waals surface area contributed by atoms with Crippen LogP contribution in [0.3, 0.4) is 0 Å². The highest BCUT2D eigenvalue weighted by Crippen LogP contribution is 2.29. The molecule has 3 N–H and O–H groups in total. The number of nitrogens with two attached hydrogens (primary N) is 1. The number of carbonyl (C=O) groups excluding carboxylic acids is 1. The van der Waals surface area contributed by atoms with E-state index in [1.165, 1.54) is 12.1 Å². The van der Waals surface area contributed by atoms with Crippen LogP contribution in [0.2, 0.25) is 10.0 Å². The Hall–Kier alpha value is -0.970. The van der Waals surface area contributed by atoms with Gasteiger partial charge in [0.2, 0.25) is 0 Å². The van der Waals surface area contributed by atoms with Crippen LogP contribution in [0, 0.1) is 0 Å². The second kappa shape index (κ2) is 7.58. The third-order valence-electron chi connectivity index (χ3n) is 2.72. The van der Waals surface area contributed by atoms with Gasteiger partial charge in [-0.2, -0.15) is 0 Å². The van der Waals surface area contributed by atoms with Gasteiger partial charge in [0.05, 0.1) is 22.2 Å². The molecule has 0 bridgehead atoms. The van der Waals surface area contributed by atoms with Gasteiger partial charge in [-0.15, -0.1) is 0 Å². The summed E-state index contributed by atoms with van der Waals surface area (Å²) in [6.07, 6.45) is 1.82. The van der Waals surface area contributed by atoms with Crippen molar-refractivity contribution in [3.05, 3.63) is 27.7 Å². The van der Waals surface area contributed by atoms with Gasteiger partial charge in [-0.05, 0) is 18.6 Å². The summed E-state index contributed by atoms with van der Waals surface area (Å²) in [5.41, 5.74) is 6.34. The fraction of sp³-hybridized carbons (Fsp3) is 0.462. The molecule has 0 fully saturated rings. The van der Waals surface area contributed by atoms with Crippen LogP contribution in [0.1, 0.15) is 30.1 Å². The Morgan fingerprint density at radius 3 is 2.63 bits per heavy atom. The topological polar surface area (TPSA) is 66.6 Å². The standard InChI is InChI=1S/C13H18Cl2N2O2/c1-2-3-4-17(5-6-18)13(19)10-7-9(16)8-11(14)12(10)15/h7-8,18H,2-6,16H2,1H3. The van der Waals surface area contributed by atoms with Crippen LogP contribution in [-0.4, -0.2) is 35.6 Å². The summed E-state index contributed by atoms with van der Waals surface area (Å²) in [5.74, 6) is -0.262. The molecule has 0 aliphatic carbocycles. The average molecular weight is 305 g/mol. The Kier molecular flexibility index (Phi) is 6.42. The van der Waals surface area contributed by atoms with Gasteiger partial charge in [-0.1, -0.05) is 36.5 Å². The lowest BCUT2D eigenvalue weighted by molar-refractivity contribution is 0.0719. The molecule has 1 aromatic rings. The van der Waals surface area contributed by atoms with Gasteiger partial charge >= 0.3 is 0 Å². The van der Waals surface area contributed by atoms with Gasteiger partial charge in [-0.25, -0.2) is 0 Å². The zero-order valence-corrected chi connectivity index (χ0v) is 12.3. The Morgan fingerprint density at radius 2 is 2.05 bits per heavy atom. The number of rotatable bonds is 6. The monoisotopic (exact) mass is 304 g/mol. The fourth-order valence-electron chi connectivity index (χ4n) is 1.72. The van der Waals surface area contributed by atoms with Crippen molar-refractivity contribution in [2.75, 3.05) is 25.4 Å². The summed E-state index contributed by atoms with van der Waals surface area (Å²) in [5, 5.41) is 9.48. The predicted octanol–water partition coefficient (Wildman–Crippen LogP) is 2.81. The maximum atomic E-state index is 12.4. The molecule has 0 spiro atoms. The van der Waals surface area contributed by atoms with E-state index in [0.717, 1.165) is 12.8 Å². The number of amides is 1. The maximum absolute atomic E-state index is 12.4. The first kappa shape index (κ1) is 16.1. The summed E-state index contributed by atoms with van der Waals surface area (Å²) in [7, 11) is 0. The number of carbonyl (C=O) groups is 1. The lowest BCUT2D eigenvalue weighted by Gasteiger charge is -2.22. The number of aliphatic hydroxyl groups excluding tert-OH is 1. The van der Waals surface area contributed by atoms with E-state index in [0.29, 0.717) is 12.2 Å². The Labute approximate surface area is 123 Å². The minimum atomic E-state index is -0.262. The van der Waals surface area contributed by atoms with Gasteiger partial charge in [0, 0.05) is 18.8 Å². The SMILES string of the molecule is CCCCN(CCO)C(=O)c1cc(N)cc(Cl)c1Cl. The Morgan fingerprint density at radius 1 is 1.37 bits per heavy atom. The zero-order chi connectivity index (χ0) is 14.4. The highest BCUT2D eigenvalue weighted by atomic mass is 35.5. The van der Waals surface area contributed by atoms with Gasteiger partial charge in [0.25, 0.3) is 5.91 Å². The fourth-order valence-corrected chi connectivity index (χ4v) is 2.14. The van der Waals surface area contributed by atoms with E-state index < -0.39 is 0 Å². The van der Waals surface area contributed by atoms with Crippen LogP contribution in [0.15, 0.2) is 12.1 Å². The molecule has 19 heavy (non-hydrogen) atoms. The largest absolute Gasteiger partial charge is 0.399 e. The van der Waals surface area contributed by atoms with Gasteiger partial charge in [-0.3, -0.25) is 4.79 Å². The number of hydrogen-bond donors (Lipinski definition) is 2. The van der Waals surface area contributed by atoms with Crippen molar-refractivity contribution in [3.8, 4) is 0 Å². The van der Waals surface area contributed by atoms with Crippen molar-refractivity contribution in [3.63, 3.8) is 0 Å². The minimum absolute atomic E-state index is 0.0941. The third kappa shape index (κ3) is 4.27. The summed E-state index contributed by atoms with van der Waals surface area (Å²) in [6.45, 7) is 2.77. The quantitative estimate of drug-likeness (QED) is 0.794. The smallest absolute Gasteiger partial charge is 0.255 e. The van der Waals surface area contributed by atoms with E-state index in [1.807, 2.05) is 6.92 Å². The molecule has 4 nitrogen and oxygen atoms in total. The molecule has 0 radical (unpaired) electrons. The van der Waals surface area contributed by atoms with Crippen LogP contribution in [-0.2, 0) is 0 Å². The van der Waals surface area contributed by atoms with Crippen molar-refractivity contribution < 1.29 is 9.90 Å². The lowest BCUT2D eigenvalue weighted by atomic mass is 10.1. The molecule has 1 aromatic carbocycles. The highest BCUT2D eigenvalue weighted by Gasteiger charge is 2.19. The number of nitrogens with zero attached hydrogens (tertiary/aromatic N) is 1. The van der Waals surface area contributed by atoms with Crippen molar-refractivity contribution >= 4 is 34.8 Å². The number of anilines is 1. The summed E-state index contributed by atoms with van der Waals surface area (Å²) < 4.78 is 0. The van der Waals surface area contributed by atoms with Gasteiger partial charge in [0.1, 0.15) is 0 Å². The van der Waals surface area contributed by atoms with Crippen molar-refractivity contribution in [2.24, 2.45) is 0 Å². The lowest BCUT2D eigenvalue weighted by Crippen LogP contribution is -2.34. The van der Waals surface area contributed by atoms with Crippen LogP contribution >= 0.6 is 23.2 Å².